The van der Waals surface area contributed by atoms with Gasteiger partial charge in [-0.05, 0) is 41.0 Å². The zero-order valence-electron chi connectivity index (χ0n) is 14.4. The van der Waals surface area contributed by atoms with Crippen LogP contribution in [0.25, 0.3) is 10.8 Å². The molecule has 128 valence electrons. The minimum absolute atomic E-state index is 0.225. The molecule has 1 aliphatic heterocycles. The normalized spacial score (nSPS) is 13.8. The van der Waals surface area contributed by atoms with Crippen LogP contribution in [0.1, 0.15) is 24.1 Å². The SMILES string of the molecule is COc1cc(CNC(C)c2cccc3ccccc23)cc2c1OCO2. The molecule has 3 aromatic carbocycles. The third-order valence-corrected chi connectivity index (χ3v) is 4.62. The smallest absolute Gasteiger partial charge is 0.231 e. The third kappa shape index (κ3) is 3.01. The molecule has 1 N–H and O–H groups in total. The van der Waals surface area contributed by atoms with E-state index in [1.165, 1.54) is 16.3 Å². The van der Waals surface area contributed by atoms with E-state index < -0.39 is 0 Å². The van der Waals surface area contributed by atoms with Gasteiger partial charge < -0.3 is 19.5 Å². The number of ether oxygens (including phenoxy) is 3. The first-order chi connectivity index (χ1) is 12.3. The number of methoxy groups -OCH3 is 1. The van der Waals surface area contributed by atoms with Crippen molar-refractivity contribution in [3.05, 3.63) is 65.7 Å². The predicted molar refractivity (Wildman–Crippen MR) is 98.3 cm³/mol. The lowest BCUT2D eigenvalue weighted by Crippen LogP contribution is -2.18. The highest BCUT2D eigenvalue weighted by Crippen LogP contribution is 2.41. The number of hydrogen-bond donors (Lipinski definition) is 1. The number of fused-ring (bicyclic) bond motifs is 2. The summed E-state index contributed by atoms with van der Waals surface area (Å²) in [6, 6.07) is 19.1. The molecule has 4 heteroatoms. The van der Waals surface area contributed by atoms with E-state index in [1.54, 1.807) is 7.11 Å². The second-order valence-electron chi connectivity index (χ2n) is 6.20. The lowest BCUT2D eigenvalue weighted by Gasteiger charge is -2.17. The molecule has 25 heavy (non-hydrogen) atoms. The molecule has 3 aromatic rings. The maximum Gasteiger partial charge on any atom is 0.231 e. The van der Waals surface area contributed by atoms with Crippen molar-refractivity contribution < 1.29 is 14.2 Å². The second-order valence-corrected chi connectivity index (χ2v) is 6.20. The molecule has 0 amide bonds. The van der Waals surface area contributed by atoms with Gasteiger partial charge in [0.15, 0.2) is 11.5 Å². The zero-order chi connectivity index (χ0) is 17.2. The standard InChI is InChI=1S/C21H21NO3/c1-14(17-9-5-7-16-6-3-4-8-18(16)17)22-12-15-10-19(23-2)21-20(11-15)24-13-25-21/h3-11,14,22H,12-13H2,1-2H3. The van der Waals surface area contributed by atoms with E-state index in [1.807, 2.05) is 12.1 Å². The zero-order valence-corrected chi connectivity index (χ0v) is 14.4. The van der Waals surface area contributed by atoms with Crippen molar-refractivity contribution in [2.45, 2.75) is 19.5 Å². The van der Waals surface area contributed by atoms with Gasteiger partial charge in [-0.3, -0.25) is 0 Å². The number of rotatable bonds is 5. The van der Waals surface area contributed by atoms with Crippen LogP contribution in [0.5, 0.6) is 17.2 Å². The van der Waals surface area contributed by atoms with Gasteiger partial charge in [0.05, 0.1) is 7.11 Å². The van der Waals surface area contributed by atoms with Crippen LogP contribution in [0.3, 0.4) is 0 Å². The molecule has 0 radical (unpaired) electrons. The Morgan fingerprint density at radius 2 is 1.92 bits per heavy atom. The van der Waals surface area contributed by atoms with Gasteiger partial charge in [0.1, 0.15) is 0 Å². The van der Waals surface area contributed by atoms with Gasteiger partial charge in [-0.1, -0.05) is 42.5 Å². The van der Waals surface area contributed by atoms with Gasteiger partial charge in [-0.2, -0.15) is 0 Å². The maximum absolute atomic E-state index is 5.50. The summed E-state index contributed by atoms with van der Waals surface area (Å²) in [6.45, 7) is 3.15. The van der Waals surface area contributed by atoms with Crippen LogP contribution in [0.15, 0.2) is 54.6 Å². The van der Waals surface area contributed by atoms with Crippen LogP contribution >= 0.6 is 0 Å². The fourth-order valence-electron chi connectivity index (χ4n) is 3.29. The molecule has 0 spiro atoms. The maximum atomic E-state index is 5.50. The molecule has 0 bridgehead atoms. The van der Waals surface area contributed by atoms with Gasteiger partial charge in [-0.25, -0.2) is 0 Å². The fourth-order valence-corrected chi connectivity index (χ4v) is 3.29. The van der Waals surface area contributed by atoms with Crippen molar-refractivity contribution in [3.8, 4) is 17.2 Å². The van der Waals surface area contributed by atoms with Crippen molar-refractivity contribution in [3.63, 3.8) is 0 Å². The Balaban J connectivity index is 1.55. The Hall–Kier alpha value is -2.72. The fraction of sp³-hybridized carbons (Fsp3) is 0.238. The summed E-state index contributed by atoms with van der Waals surface area (Å²) in [7, 11) is 1.65. The highest BCUT2D eigenvalue weighted by Gasteiger charge is 2.20. The monoisotopic (exact) mass is 335 g/mol. The first-order valence-electron chi connectivity index (χ1n) is 8.44. The summed E-state index contributed by atoms with van der Waals surface area (Å²) in [5, 5.41) is 6.15. The lowest BCUT2D eigenvalue weighted by molar-refractivity contribution is 0.171. The summed E-state index contributed by atoms with van der Waals surface area (Å²) >= 11 is 0. The Labute approximate surface area is 147 Å². The van der Waals surface area contributed by atoms with Crippen molar-refractivity contribution in [2.75, 3.05) is 13.9 Å². The molecule has 0 saturated carbocycles. The first kappa shape index (κ1) is 15.8. The van der Waals surface area contributed by atoms with Gasteiger partial charge in [0, 0.05) is 12.6 Å². The Bertz CT molecular complexity index is 902. The Morgan fingerprint density at radius 3 is 2.80 bits per heavy atom. The van der Waals surface area contributed by atoms with Crippen LogP contribution in [0.2, 0.25) is 0 Å². The predicted octanol–water partition coefficient (Wildman–Crippen LogP) is 4.43. The molecule has 0 saturated heterocycles. The highest BCUT2D eigenvalue weighted by molar-refractivity contribution is 5.86. The third-order valence-electron chi connectivity index (χ3n) is 4.62. The summed E-state index contributed by atoms with van der Waals surface area (Å²) in [5.74, 6) is 2.15. The van der Waals surface area contributed by atoms with Gasteiger partial charge in [0.25, 0.3) is 0 Å². The van der Waals surface area contributed by atoms with Crippen LogP contribution < -0.4 is 19.5 Å². The van der Waals surface area contributed by atoms with E-state index in [4.69, 9.17) is 14.2 Å². The molecule has 1 heterocycles. The average molecular weight is 335 g/mol. The molecule has 1 unspecified atom stereocenters. The average Bonchev–Trinajstić information content (AvgIpc) is 3.13. The summed E-state index contributed by atoms with van der Waals surface area (Å²) in [6.07, 6.45) is 0. The van der Waals surface area contributed by atoms with Crippen molar-refractivity contribution in [1.82, 2.24) is 5.32 Å². The van der Waals surface area contributed by atoms with E-state index in [0.717, 1.165) is 17.9 Å². The van der Waals surface area contributed by atoms with Crippen molar-refractivity contribution in [1.29, 1.82) is 0 Å². The van der Waals surface area contributed by atoms with E-state index in [2.05, 4.69) is 54.7 Å². The quantitative estimate of drug-likeness (QED) is 0.749. The van der Waals surface area contributed by atoms with Crippen LogP contribution in [-0.2, 0) is 6.54 Å². The summed E-state index contributed by atoms with van der Waals surface area (Å²) in [5.41, 5.74) is 2.40. The van der Waals surface area contributed by atoms with Crippen molar-refractivity contribution in [2.24, 2.45) is 0 Å². The minimum atomic E-state index is 0.225. The number of hydrogen-bond acceptors (Lipinski definition) is 4. The molecule has 0 fully saturated rings. The molecule has 0 aliphatic carbocycles. The number of benzene rings is 3. The Morgan fingerprint density at radius 1 is 1.08 bits per heavy atom. The largest absolute Gasteiger partial charge is 0.493 e. The topological polar surface area (TPSA) is 39.7 Å². The van der Waals surface area contributed by atoms with Crippen LogP contribution in [-0.4, -0.2) is 13.9 Å². The van der Waals surface area contributed by atoms with E-state index in [9.17, 15) is 0 Å². The summed E-state index contributed by atoms with van der Waals surface area (Å²) in [4.78, 5) is 0. The molecule has 0 aromatic heterocycles. The van der Waals surface area contributed by atoms with Crippen LogP contribution in [0, 0.1) is 0 Å². The van der Waals surface area contributed by atoms with E-state index >= 15 is 0 Å². The number of nitrogens with one attached hydrogen (secondary N) is 1. The van der Waals surface area contributed by atoms with Gasteiger partial charge in [-0.15, -0.1) is 0 Å². The molecule has 4 rings (SSSR count). The van der Waals surface area contributed by atoms with Crippen LogP contribution in [0.4, 0.5) is 0 Å². The molecular formula is C21H21NO3. The molecule has 4 nitrogen and oxygen atoms in total. The Kier molecular flexibility index (Phi) is 4.20. The second kappa shape index (κ2) is 6.65. The lowest BCUT2D eigenvalue weighted by atomic mass is 9.99. The first-order valence-corrected chi connectivity index (χ1v) is 8.44. The molecule has 1 aliphatic rings. The van der Waals surface area contributed by atoms with Gasteiger partial charge in [0.2, 0.25) is 12.5 Å². The van der Waals surface area contributed by atoms with Gasteiger partial charge >= 0.3 is 0 Å². The minimum Gasteiger partial charge on any atom is -0.493 e. The van der Waals surface area contributed by atoms with E-state index in [0.29, 0.717) is 11.5 Å². The van der Waals surface area contributed by atoms with E-state index in [-0.39, 0.29) is 12.8 Å². The summed E-state index contributed by atoms with van der Waals surface area (Å²) < 4.78 is 16.4. The highest BCUT2D eigenvalue weighted by atomic mass is 16.7. The van der Waals surface area contributed by atoms with Crippen molar-refractivity contribution >= 4 is 10.8 Å². The molecular weight excluding hydrogens is 314 g/mol. The molecule has 1 atom stereocenters.